The molecule has 0 aliphatic heterocycles. The number of carbonyl (C=O) groups is 2. The summed E-state index contributed by atoms with van der Waals surface area (Å²) in [5.41, 5.74) is 2.95. The van der Waals surface area contributed by atoms with Crippen molar-refractivity contribution in [2.75, 3.05) is 19.6 Å². The zero-order chi connectivity index (χ0) is 26.5. The summed E-state index contributed by atoms with van der Waals surface area (Å²) in [6.07, 6.45) is 1.62. The van der Waals surface area contributed by atoms with Crippen LogP contribution in [0.1, 0.15) is 48.9 Å². The number of ether oxygens (including phenoxy) is 1. The molecule has 3 aromatic rings. The molecule has 1 atom stereocenters. The van der Waals surface area contributed by atoms with E-state index in [1.807, 2.05) is 66.7 Å². The first-order chi connectivity index (χ1) is 17.9. The van der Waals surface area contributed by atoms with E-state index in [4.69, 9.17) is 9.84 Å². The van der Waals surface area contributed by atoms with Crippen molar-refractivity contribution in [2.45, 2.75) is 45.3 Å². The Hall–Kier alpha value is -3.84. The van der Waals surface area contributed by atoms with Crippen molar-refractivity contribution >= 4 is 11.9 Å². The molecular formula is C30H36N2O5. The summed E-state index contributed by atoms with van der Waals surface area (Å²) in [5.74, 6) is 0.0364. The molecule has 0 heterocycles. The molecule has 7 heteroatoms. The van der Waals surface area contributed by atoms with E-state index in [9.17, 15) is 14.7 Å². The van der Waals surface area contributed by atoms with Crippen LogP contribution in [0.3, 0.4) is 0 Å². The maximum atomic E-state index is 12.6. The number of nitrogens with zero attached hydrogens (tertiary/aromatic N) is 1. The van der Waals surface area contributed by atoms with Crippen LogP contribution in [0, 0.1) is 0 Å². The summed E-state index contributed by atoms with van der Waals surface area (Å²) in [4.78, 5) is 25.8. The summed E-state index contributed by atoms with van der Waals surface area (Å²) in [6, 6.07) is 24.6. The number of carboxylic acids is 1. The number of phenols is 1. The van der Waals surface area contributed by atoms with E-state index < -0.39 is 5.97 Å². The summed E-state index contributed by atoms with van der Waals surface area (Å²) >= 11 is 0. The predicted molar refractivity (Wildman–Crippen MR) is 144 cm³/mol. The van der Waals surface area contributed by atoms with E-state index >= 15 is 0 Å². The maximum absolute atomic E-state index is 12.6. The molecule has 0 spiro atoms. The van der Waals surface area contributed by atoms with Gasteiger partial charge in [-0.15, -0.1) is 0 Å². The summed E-state index contributed by atoms with van der Waals surface area (Å²) < 4.78 is 5.97. The van der Waals surface area contributed by atoms with E-state index in [0.29, 0.717) is 38.4 Å². The highest BCUT2D eigenvalue weighted by molar-refractivity contribution is 5.79. The molecule has 0 bridgehead atoms. The second kappa shape index (κ2) is 14.7. The van der Waals surface area contributed by atoms with E-state index in [2.05, 4.69) is 17.1 Å². The number of phenolic OH excluding ortho intramolecular Hbond substituents is 1. The molecule has 0 saturated heterocycles. The van der Waals surface area contributed by atoms with Crippen LogP contribution in [-0.2, 0) is 22.6 Å². The number of amides is 1. The standard InChI is InChI=1S/C30H36N2O5/c1-23(25-14-16-27(33)17-15-25)32(19-7-13-30(35)36)20-8-18-31-29(34)21-26-11-5-6-12-28(26)37-22-24-9-3-2-4-10-24/h2-6,9-12,14-17,23,33H,7-8,13,18-22H2,1H3,(H,31,34)(H,35,36). The Morgan fingerprint density at radius 3 is 2.32 bits per heavy atom. The first kappa shape index (κ1) is 27.7. The van der Waals surface area contributed by atoms with Gasteiger partial charge in [-0.2, -0.15) is 0 Å². The number of aliphatic carboxylic acids is 1. The average molecular weight is 505 g/mol. The van der Waals surface area contributed by atoms with Gasteiger partial charge in [0, 0.05) is 31.1 Å². The fourth-order valence-electron chi connectivity index (χ4n) is 4.17. The molecule has 0 radical (unpaired) electrons. The van der Waals surface area contributed by atoms with Crippen LogP contribution < -0.4 is 10.1 Å². The van der Waals surface area contributed by atoms with Gasteiger partial charge in [-0.1, -0.05) is 60.7 Å². The van der Waals surface area contributed by atoms with Crippen LogP contribution in [0.2, 0.25) is 0 Å². The Labute approximate surface area is 218 Å². The monoisotopic (exact) mass is 504 g/mol. The first-order valence-corrected chi connectivity index (χ1v) is 12.7. The second-order valence-electron chi connectivity index (χ2n) is 9.06. The third-order valence-corrected chi connectivity index (χ3v) is 6.26. The molecule has 3 rings (SSSR count). The number of para-hydroxylation sites is 1. The van der Waals surface area contributed by atoms with Gasteiger partial charge < -0.3 is 20.3 Å². The van der Waals surface area contributed by atoms with Crippen LogP contribution in [0.15, 0.2) is 78.9 Å². The molecule has 0 aliphatic rings. The lowest BCUT2D eigenvalue weighted by Crippen LogP contribution is -2.33. The largest absolute Gasteiger partial charge is 0.508 e. The van der Waals surface area contributed by atoms with Gasteiger partial charge in [0.25, 0.3) is 0 Å². The van der Waals surface area contributed by atoms with Crippen LogP contribution in [-0.4, -0.2) is 46.6 Å². The molecule has 3 N–H and O–H groups in total. The van der Waals surface area contributed by atoms with E-state index in [1.165, 1.54) is 0 Å². The van der Waals surface area contributed by atoms with E-state index in [-0.39, 0.29) is 30.5 Å². The Balaban J connectivity index is 1.49. The fourth-order valence-corrected chi connectivity index (χ4v) is 4.17. The van der Waals surface area contributed by atoms with Crippen molar-refractivity contribution in [1.29, 1.82) is 0 Å². The fraction of sp³-hybridized carbons (Fsp3) is 0.333. The number of aromatic hydroxyl groups is 1. The van der Waals surface area contributed by atoms with Crippen LogP contribution in [0.4, 0.5) is 0 Å². The molecule has 0 aliphatic carbocycles. The van der Waals surface area contributed by atoms with Crippen molar-refractivity contribution in [3.63, 3.8) is 0 Å². The number of hydrogen-bond donors (Lipinski definition) is 3. The van der Waals surface area contributed by atoms with Gasteiger partial charge in [0.2, 0.25) is 5.91 Å². The molecule has 1 amide bonds. The van der Waals surface area contributed by atoms with Crippen LogP contribution >= 0.6 is 0 Å². The summed E-state index contributed by atoms with van der Waals surface area (Å²) in [6.45, 7) is 4.37. The highest BCUT2D eigenvalue weighted by Crippen LogP contribution is 2.23. The Morgan fingerprint density at radius 2 is 1.59 bits per heavy atom. The number of hydrogen-bond acceptors (Lipinski definition) is 5. The number of carboxylic acid groups (broad SMARTS) is 1. The van der Waals surface area contributed by atoms with Gasteiger partial charge >= 0.3 is 5.97 Å². The Bertz CT molecular complexity index is 1120. The lowest BCUT2D eigenvalue weighted by atomic mass is 10.1. The third-order valence-electron chi connectivity index (χ3n) is 6.26. The molecule has 0 aromatic heterocycles. The molecule has 1 unspecified atom stereocenters. The lowest BCUT2D eigenvalue weighted by molar-refractivity contribution is -0.137. The van der Waals surface area contributed by atoms with Crippen molar-refractivity contribution < 1.29 is 24.5 Å². The zero-order valence-electron chi connectivity index (χ0n) is 21.3. The highest BCUT2D eigenvalue weighted by atomic mass is 16.5. The van der Waals surface area contributed by atoms with Crippen LogP contribution in [0.25, 0.3) is 0 Å². The molecule has 0 saturated carbocycles. The quantitative estimate of drug-likeness (QED) is 0.253. The second-order valence-corrected chi connectivity index (χ2v) is 9.06. The first-order valence-electron chi connectivity index (χ1n) is 12.7. The molecule has 3 aromatic carbocycles. The SMILES string of the molecule is CC(c1ccc(O)cc1)N(CCCNC(=O)Cc1ccccc1OCc1ccccc1)CCCC(=O)O. The van der Waals surface area contributed by atoms with Gasteiger partial charge in [0.15, 0.2) is 0 Å². The summed E-state index contributed by atoms with van der Waals surface area (Å²) in [7, 11) is 0. The number of rotatable bonds is 15. The minimum Gasteiger partial charge on any atom is -0.508 e. The zero-order valence-corrected chi connectivity index (χ0v) is 21.3. The maximum Gasteiger partial charge on any atom is 0.303 e. The van der Waals surface area contributed by atoms with E-state index in [0.717, 1.165) is 23.1 Å². The van der Waals surface area contributed by atoms with Gasteiger partial charge in [0.05, 0.1) is 6.42 Å². The molecular weight excluding hydrogens is 468 g/mol. The number of carbonyl (C=O) groups excluding carboxylic acids is 1. The highest BCUT2D eigenvalue weighted by Gasteiger charge is 2.16. The minimum absolute atomic E-state index is 0.0544. The normalized spacial score (nSPS) is 11.7. The minimum atomic E-state index is -0.808. The third kappa shape index (κ3) is 9.61. The van der Waals surface area contributed by atoms with Gasteiger partial charge in [0.1, 0.15) is 18.1 Å². The topological polar surface area (TPSA) is 99.1 Å². The van der Waals surface area contributed by atoms with Crippen molar-refractivity contribution in [1.82, 2.24) is 10.2 Å². The van der Waals surface area contributed by atoms with Crippen LogP contribution in [0.5, 0.6) is 11.5 Å². The Kier molecular flexibility index (Phi) is 11.0. The summed E-state index contributed by atoms with van der Waals surface area (Å²) in [5, 5.41) is 21.6. The van der Waals surface area contributed by atoms with Crippen molar-refractivity contribution in [3.8, 4) is 11.5 Å². The van der Waals surface area contributed by atoms with Crippen molar-refractivity contribution in [3.05, 3.63) is 95.6 Å². The van der Waals surface area contributed by atoms with E-state index in [1.54, 1.807) is 12.1 Å². The average Bonchev–Trinajstić information content (AvgIpc) is 2.90. The molecule has 7 nitrogen and oxygen atoms in total. The van der Waals surface area contributed by atoms with Gasteiger partial charge in [-0.05, 0) is 55.6 Å². The number of benzene rings is 3. The lowest BCUT2D eigenvalue weighted by Gasteiger charge is -2.29. The molecule has 0 fully saturated rings. The Morgan fingerprint density at radius 1 is 0.919 bits per heavy atom. The predicted octanol–water partition coefficient (Wildman–Crippen LogP) is 4.95. The molecule has 196 valence electrons. The van der Waals surface area contributed by atoms with Crippen molar-refractivity contribution in [2.24, 2.45) is 0 Å². The number of nitrogens with one attached hydrogen (secondary N) is 1. The van der Waals surface area contributed by atoms with Gasteiger partial charge in [-0.3, -0.25) is 14.5 Å². The molecule has 37 heavy (non-hydrogen) atoms. The van der Waals surface area contributed by atoms with Gasteiger partial charge in [-0.25, -0.2) is 0 Å². The smallest absolute Gasteiger partial charge is 0.303 e.